The number of ether oxygens (including phenoxy) is 1. The summed E-state index contributed by atoms with van der Waals surface area (Å²) < 4.78 is 4.34. The van der Waals surface area contributed by atoms with Gasteiger partial charge in [-0.3, -0.25) is 0 Å². The Hall–Kier alpha value is -1.55. The van der Waals surface area contributed by atoms with Crippen LogP contribution < -0.4 is 5.48 Å². The van der Waals surface area contributed by atoms with Gasteiger partial charge in [-0.1, -0.05) is 30.3 Å². The minimum Gasteiger partial charge on any atom is -0.436 e. The van der Waals surface area contributed by atoms with Crippen LogP contribution in [-0.2, 0) is 9.57 Å². The molecule has 0 aromatic heterocycles. The zero-order valence-corrected chi connectivity index (χ0v) is 9.18. The van der Waals surface area contributed by atoms with E-state index in [-0.39, 0.29) is 0 Å². The van der Waals surface area contributed by atoms with Crippen molar-refractivity contribution < 1.29 is 14.4 Å². The highest BCUT2D eigenvalue weighted by molar-refractivity contribution is 5.59. The van der Waals surface area contributed by atoms with Crippen LogP contribution in [0.2, 0.25) is 0 Å². The Morgan fingerprint density at radius 3 is 2.88 bits per heavy atom. The molecule has 0 radical (unpaired) electrons. The van der Waals surface area contributed by atoms with Crippen LogP contribution in [0, 0.1) is 5.92 Å². The molecule has 2 atom stereocenters. The number of hydroxylamine groups is 1. The highest BCUT2D eigenvalue weighted by Crippen LogP contribution is 2.46. The van der Waals surface area contributed by atoms with E-state index in [2.05, 4.69) is 27.2 Å². The molecule has 1 aromatic carbocycles. The second-order valence-corrected chi connectivity index (χ2v) is 3.92. The van der Waals surface area contributed by atoms with Gasteiger partial charge in [0.1, 0.15) is 0 Å². The van der Waals surface area contributed by atoms with Gasteiger partial charge in [0.2, 0.25) is 0 Å². The predicted octanol–water partition coefficient (Wildman–Crippen LogP) is 2.08. The molecule has 1 aliphatic rings. The first kappa shape index (κ1) is 11.0. The van der Waals surface area contributed by atoms with Crippen molar-refractivity contribution in [2.24, 2.45) is 5.92 Å². The fraction of sp³-hybridized carbons (Fsp3) is 0.417. The van der Waals surface area contributed by atoms with E-state index in [1.807, 2.05) is 18.2 Å². The van der Waals surface area contributed by atoms with Crippen molar-refractivity contribution in [3.63, 3.8) is 0 Å². The van der Waals surface area contributed by atoms with E-state index in [9.17, 15) is 4.79 Å². The van der Waals surface area contributed by atoms with Crippen molar-refractivity contribution in [1.82, 2.24) is 5.48 Å². The first-order valence-electron chi connectivity index (χ1n) is 5.34. The maximum Gasteiger partial charge on any atom is 0.527 e. The Balaban J connectivity index is 1.70. The normalized spacial score (nSPS) is 22.6. The molecule has 2 rings (SSSR count). The van der Waals surface area contributed by atoms with Crippen LogP contribution in [0.1, 0.15) is 17.9 Å². The number of carbonyl (C=O) groups is 1. The lowest BCUT2D eigenvalue weighted by atomic mass is 10.1. The molecule has 1 fully saturated rings. The van der Waals surface area contributed by atoms with Gasteiger partial charge in [-0.05, 0) is 23.8 Å². The molecule has 86 valence electrons. The van der Waals surface area contributed by atoms with Gasteiger partial charge in [0.05, 0.1) is 7.11 Å². The number of carbonyl (C=O) groups excluding carboxylic acids is 1. The van der Waals surface area contributed by atoms with Crippen LogP contribution in [-0.4, -0.2) is 19.8 Å². The molecule has 1 aromatic rings. The number of hydrogen-bond acceptors (Lipinski definition) is 4. The average Bonchev–Trinajstić information content (AvgIpc) is 3.09. The van der Waals surface area contributed by atoms with Gasteiger partial charge in [0, 0.05) is 6.54 Å². The van der Waals surface area contributed by atoms with E-state index < -0.39 is 6.16 Å². The van der Waals surface area contributed by atoms with Gasteiger partial charge < -0.3 is 9.57 Å². The molecule has 0 unspecified atom stereocenters. The molecular weight excluding hydrogens is 206 g/mol. The summed E-state index contributed by atoms with van der Waals surface area (Å²) in [4.78, 5) is 15.3. The number of benzene rings is 1. The summed E-state index contributed by atoms with van der Waals surface area (Å²) >= 11 is 0. The standard InChI is InChI=1S/C12H15NO3/c1-15-12(14)16-13-8-10-7-11(10)9-5-3-2-4-6-9/h2-6,10-11,13H,7-8H2,1H3/t10-,11-/m1/s1. The third-order valence-electron chi connectivity index (χ3n) is 2.82. The third kappa shape index (κ3) is 2.73. The Morgan fingerprint density at radius 2 is 2.19 bits per heavy atom. The number of rotatable bonds is 4. The van der Waals surface area contributed by atoms with E-state index in [0.717, 1.165) is 6.42 Å². The van der Waals surface area contributed by atoms with E-state index >= 15 is 0 Å². The van der Waals surface area contributed by atoms with Crippen molar-refractivity contribution in [2.75, 3.05) is 13.7 Å². The molecule has 0 bridgehead atoms. The average molecular weight is 221 g/mol. The van der Waals surface area contributed by atoms with Crippen molar-refractivity contribution >= 4 is 6.16 Å². The Morgan fingerprint density at radius 1 is 1.44 bits per heavy atom. The minimum atomic E-state index is -0.697. The van der Waals surface area contributed by atoms with Crippen LogP contribution in [0.25, 0.3) is 0 Å². The molecule has 1 aliphatic carbocycles. The summed E-state index contributed by atoms with van der Waals surface area (Å²) in [7, 11) is 1.29. The summed E-state index contributed by atoms with van der Waals surface area (Å²) in [6.07, 6.45) is 0.443. The highest BCUT2D eigenvalue weighted by Gasteiger charge is 2.37. The maximum atomic E-state index is 10.7. The smallest absolute Gasteiger partial charge is 0.436 e. The van der Waals surface area contributed by atoms with Gasteiger partial charge in [-0.2, -0.15) is 0 Å². The zero-order chi connectivity index (χ0) is 11.4. The van der Waals surface area contributed by atoms with Crippen LogP contribution in [0.3, 0.4) is 0 Å². The molecule has 0 saturated heterocycles. The van der Waals surface area contributed by atoms with Crippen LogP contribution in [0.5, 0.6) is 0 Å². The third-order valence-corrected chi connectivity index (χ3v) is 2.82. The first-order valence-corrected chi connectivity index (χ1v) is 5.34. The van der Waals surface area contributed by atoms with Crippen molar-refractivity contribution in [2.45, 2.75) is 12.3 Å². The highest BCUT2D eigenvalue weighted by atomic mass is 16.8. The van der Waals surface area contributed by atoms with Gasteiger partial charge in [-0.25, -0.2) is 4.79 Å². The van der Waals surface area contributed by atoms with E-state index in [4.69, 9.17) is 0 Å². The number of nitrogens with one attached hydrogen (secondary N) is 1. The molecule has 4 nitrogen and oxygen atoms in total. The van der Waals surface area contributed by atoms with Gasteiger partial charge in [0.25, 0.3) is 0 Å². The lowest BCUT2D eigenvalue weighted by Gasteiger charge is -2.03. The Bertz CT molecular complexity index is 353. The zero-order valence-electron chi connectivity index (χ0n) is 9.18. The van der Waals surface area contributed by atoms with Gasteiger partial charge >= 0.3 is 6.16 Å². The quantitative estimate of drug-likeness (QED) is 0.624. The second-order valence-electron chi connectivity index (χ2n) is 3.92. The second kappa shape index (κ2) is 4.99. The molecule has 0 amide bonds. The summed E-state index contributed by atoms with van der Waals surface area (Å²) in [5.74, 6) is 1.14. The first-order chi connectivity index (χ1) is 7.81. The summed E-state index contributed by atoms with van der Waals surface area (Å²) in [5, 5.41) is 0. The van der Waals surface area contributed by atoms with Crippen LogP contribution in [0.4, 0.5) is 4.79 Å². The SMILES string of the molecule is COC(=O)ONC[C@H]1C[C@@H]1c1ccccc1. The molecule has 16 heavy (non-hydrogen) atoms. The summed E-state index contributed by atoms with van der Waals surface area (Å²) in [6.45, 7) is 0.675. The molecular formula is C12H15NO3. The minimum absolute atomic E-state index is 0.548. The van der Waals surface area contributed by atoms with E-state index in [0.29, 0.717) is 18.4 Å². The Kier molecular flexibility index (Phi) is 3.41. The van der Waals surface area contributed by atoms with Gasteiger partial charge in [-0.15, -0.1) is 5.48 Å². The van der Waals surface area contributed by atoms with E-state index in [1.54, 1.807) is 0 Å². The van der Waals surface area contributed by atoms with Gasteiger partial charge in [0.15, 0.2) is 0 Å². The molecule has 0 aliphatic heterocycles. The number of methoxy groups -OCH3 is 1. The Labute approximate surface area is 94.5 Å². The monoisotopic (exact) mass is 221 g/mol. The van der Waals surface area contributed by atoms with E-state index in [1.165, 1.54) is 12.7 Å². The lowest BCUT2D eigenvalue weighted by Crippen LogP contribution is -2.22. The molecule has 1 N–H and O–H groups in total. The van der Waals surface area contributed by atoms with Crippen LogP contribution >= 0.6 is 0 Å². The molecule has 0 spiro atoms. The van der Waals surface area contributed by atoms with Crippen LogP contribution in [0.15, 0.2) is 30.3 Å². The summed E-state index contributed by atoms with van der Waals surface area (Å²) in [6, 6.07) is 10.4. The maximum absolute atomic E-state index is 10.7. The molecule has 4 heteroatoms. The fourth-order valence-electron chi connectivity index (χ4n) is 1.83. The largest absolute Gasteiger partial charge is 0.527 e. The lowest BCUT2D eigenvalue weighted by molar-refractivity contribution is 0.0282. The topological polar surface area (TPSA) is 47.6 Å². The van der Waals surface area contributed by atoms with Crippen molar-refractivity contribution in [1.29, 1.82) is 0 Å². The van der Waals surface area contributed by atoms with Crippen molar-refractivity contribution in [3.05, 3.63) is 35.9 Å². The molecule has 0 heterocycles. The number of hydrogen-bond donors (Lipinski definition) is 1. The fourth-order valence-corrected chi connectivity index (χ4v) is 1.83. The van der Waals surface area contributed by atoms with Crippen molar-refractivity contribution in [3.8, 4) is 0 Å². The molecule has 1 saturated carbocycles. The predicted molar refractivity (Wildman–Crippen MR) is 58.8 cm³/mol. The summed E-state index contributed by atoms with van der Waals surface area (Å²) in [5.41, 5.74) is 3.98.